The van der Waals surface area contributed by atoms with Crippen molar-refractivity contribution in [3.05, 3.63) is 29.8 Å². The van der Waals surface area contributed by atoms with Crippen LogP contribution in [0.25, 0.3) is 0 Å². The Morgan fingerprint density at radius 1 is 1.55 bits per heavy atom. The number of hydrogen-bond donors (Lipinski definition) is 2. The molecule has 1 atom stereocenters. The summed E-state index contributed by atoms with van der Waals surface area (Å²) in [7, 11) is -1.94. The minimum atomic E-state index is -3.44. The Labute approximate surface area is 119 Å². The number of amidine groups is 1. The lowest BCUT2D eigenvalue weighted by Crippen LogP contribution is -2.34. The van der Waals surface area contributed by atoms with Crippen molar-refractivity contribution >= 4 is 21.5 Å². The Bertz CT molecular complexity index is 595. The van der Waals surface area contributed by atoms with Crippen molar-refractivity contribution < 1.29 is 13.2 Å². The second-order valence-electron chi connectivity index (χ2n) is 4.85. The first-order valence-electron chi connectivity index (χ1n) is 6.43. The molecule has 0 radical (unpaired) electrons. The third-order valence-corrected chi connectivity index (χ3v) is 5.20. The monoisotopic (exact) mass is 297 g/mol. The van der Waals surface area contributed by atoms with Crippen LogP contribution in [-0.4, -0.2) is 39.8 Å². The minimum absolute atomic E-state index is 0.0200. The third kappa shape index (κ3) is 3.29. The summed E-state index contributed by atoms with van der Waals surface area (Å²) >= 11 is 0. The largest absolute Gasteiger partial charge is 0.384 e. The van der Waals surface area contributed by atoms with E-state index >= 15 is 0 Å². The van der Waals surface area contributed by atoms with Crippen molar-refractivity contribution in [2.24, 2.45) is 5.73 Å². The molecule has 20 heavy (non-hydrogen) atoms. The quantitative estimate of drug-likeness (QED) is 0.624. The van der Waals surface area contributed by atoms with Gasteiger partial charge in [-0.25, -0.2) is 8.42 Å². The average molecular weight is 297 g/mol. The van der Waals surface area contributed by atoms with E-state index in [2.05, 4.69) is 0 Å². The highest BCUT2D eigenvalue weighted by Crippen LogP contribution is 2.21. The first-order valence-corrected chi connectivity index (χ1v) is 8.04. The lowest BCUT2D eigenvalue weighted by Gasteiger charge is -2.21. The average Bonchev–Trinajstić information content (AvgIpc) is 2.90. The molecule has 1 aliphatic heterocycles. The van der Waals surface area contributed by atoms with Gasteiger partial charge in [0, 0.05) is 19.2 Å². The van der Waals surface area contributed by atoms with Crippen molar-refractivity contribution in [1.82, 2.24) is 0 Å². The maximum atomic E-state index is 12.3. The second-order valence-corrected chi connectivity index (χ2v) is 6.89. The molecule has 1 fully saturated rings. The van der Waals surface area contributed by atoms with Crippen molar-refractivity contribution in [3.63, 3.8) is 0 Å². The van der Waals surface area contributed by atoms with Crippen LogP contribution < -0.4 is 10.0 Å². The number of ether oxygens (including phenoxy) is 1. The standard InChI is InChI=1S/C13H19N3O3S/c1-16(11-5-2-4-10(8-11)13(14)15)20(17,18)9-12-6-3-7-19-12/h2,4-5,8,12H,3,6-7,9H2,1H3,(H3,14,15). The Morgan fingerprint density at radius 3 is 2.90 bits per heavy atom. The van der Waals surface area contributed by atoms with Crippen LogP contribution in [0.4, 0.5) is 5.69 Å². The number of anilines is 1. The first-order chi connectivity index (χ1) is 9.40. The van der Waals surface area contributed by atoms with E-state index in [9.17, 15) is 8.42 Å². The van der Waals surface area contributed by atoms with E-state index in [1.165, 1.54) is 11.4 Å². The van der Waals surface area contributed by atoms with Crippen LogP contribution in [-0.2, 0) is 14.8 Å². The van der Waals surface area contributed by atoms with Gasteiger partial charge in [-0.2, -0.15) is 0 Å². The van der Waals surface area contributed by atoms with Gasteiger partial charge in [-0.3, -0.25) is 9.71 Å². The van der Waals surface area contributed by atoms with Gasteiger partial charge in [-0.1, -0.05) is 12.1 Å². The molecule has 0 spiro atoms. The van der Waals surface area contributed by atoms with Gasteiger partial charge in [-0.05, 0) is 25.0 Å². The Kier molecular flexibility index (Phi) is 4.29. The van der Waals surface area contributed by atoms with Crippen LogP contribution in [0.5, 0.6) is 0 Å². The predicted molar refractivity (Wildman–Crippen MR) is 78.6 cm³/mol. The lowest BCUT2D eigenvalue weighted by molar-refractivity contribution is 0.127. The zero-order valence-corrected chi connectivity index (χ0v) is 12.2. The molecular weight excluding hydrogens is 278 g/mol. The maximum absolute atomic E-state index is 12.3. The molecule has 7 heteroatoms. The Hall–Kier alpha value is -1.60. The van der Waals surface area contributed by atoms with Crippen molar-refractivity contribution in [2.75, 3.05) is 23.7 Å². The number of nitrogens with one attached hydrogen (secondary N) is 1. The summed E-state index contributed by atoms with van der Waals surface area (Å²) < 4.78 is 31.3. The first kappa shape index (κ1) is 14.8. The van der Waals surface area contributed by atoms with E-state index in [0.717, 1.165) is 12.8 Å². The van der Waals surface area contributed by atoms with Crippen molar-refractivity contribution in [1.29, 1.82) is 5.41 Å². The van der Waals surface area contributed by atoms with Crippen LogP contribution in [0.1, 0.15) is 18.4 Å². The van der Waals surface area contributed by atoms with E-state index in [1.807, 2.05) is 0 Å². The topological polar surface area (TPSA) is 96.5 Å². The van der Waals surface area contributed by atoms with Gasteiger partial charge in [0.25, 0.3) is 0 Å². The van der Waals surface area contributed by atoms with Gasteiger partial charge in [-0.15, -0.1) is 0 Å². The molecule has 1 saturated heterocycles. The number of hydrogen-bond acceptors (Lipinski definition) is 4. The van der Waals surface area contributed by atoms with Crippen LogP contribution in [0, 0.1) is 5.41 Å². The predicted octanol–water partition coefficient (Wildman–Crippen LogP) is 0.916. The number of nitrogens with zero attached hydrogens (tertiary/aromatic N) is 1. The fourth-order valence-corrected chi connectivity index (χ4v) is 3.54. The molecule has 6 nitrogen and oxygen atoms in total. The summed E-state index contributed by atoms with van der Waals surface area (Å²) in [6.07, 6.45) is 1.46. The normalized spacial score (nSPS) is 18.9. The van der Waals surface area contributed by atoms with Crippen LogP contribution in [0.15, 0.2) is 24.3 Å². The summed E-state index contributed by atoms with van der Waals surface area (Å²) in [5.74, 6) is -0.106. The van der Waals surface area contributed by atoms with Crippen molar-refractivity contribution in [2.45, 2.75) is 18.9 Å². The van der Waals surface area contributed by atoms with E-state index < -0.39 is 10.0 Å². The summed E-state index contributed by atoms with van der Waals surface area (Å²) in [5, 5.41) is 7.40. The van der Waals surface area contributed by atoms with Gasteiger partial charge in [0.2, 0.25) is 10.0 Å². The highest BCUT2D eigenvalue weighted by molar-refractivity contribution is 7.92. The van der Waals surface area contributed by atoms with Crippen LogP contribution in [0.3, 0.4) is 0 Å². The fourth-order valence-electron chi connectivity index (χ4n) is 2.15. The second kappa shape index (κ2) is 5.80. The molecule has 0 aliphatic carbocycles. The highest BCUT2D eigenvalue weighted by Gasteiger charge is 2.27. The summed E-state index contributed by atoms with van der Waals surface area (Å²) in [6, 6.07) is 6.63. The number of nitrogen functional groups attached to an aromatic ring is 1. The highest BCUT2D eigenvalue weighted by atomic mass is 32.2. The van der Waals surface area contributed by atoms with E-state index in [4.69, 9.17) is 15.9 Å². The molecule has 1 aliphatic rings. The maximum Gasteiger partial charge on any atom is 0.237 e. The van der Waals surface area contributed by atoms with Crippen LogP contribution >= 0.6 is 0 Å². The third-order valence-electron chi connectivity index (χ3n) is 3.36. The molecule has 1 heterocycles. The van der Waals surface area contributed by atoms with Crippen LogP contribution in [0.2, 0.25) is 0 Å². The summed E-state index contributed by atoms with van der Waals surface area (Å²) in [5.41, 5.74) is 6.42. The Balaban J connectivity index is 2.18. The summed E-state index contributed by atoms with van der Waals surface area (Å²) in [6.45, 7) is 0.629. The molecule has 1 unspecified atom stereocenters. The molecule has 3 N–H and O–H groups in total. The van der Waals surface area contributed by atoms with E-state index in [0.29, 0.717) is 17.9 Å². The number of nitrogens with two attached hydrogens (primary N) is 1. The van der Waals surface area contributed by atoms with Gasteiger partial charge >= 0.3 is 0 Å². The number of rotatable bonds is 5. The molecule has 1 aromatic rings. The van der Waals surface area contributed by atoms with Gasteiger partial charge < -0.3 is 10.5 Å². The molecule has 1 aromatic carbocycles. The number of benzene rings is 1. The van der Waals surface area contributed by atoms with E-state index in [-0.39, 0.29) is 17.7 Å². The minimum Gasteiger partial charge on any atom is -0.384 e. The van der Waals surface area contributed by atoms with E-state index in [1.54, 1.807) is 24.3 Å². The smallest absolute Gasteiger partial charge is 0.237 e. The molecule has 2 rings (SSSR count). The summed E-state index contributed by atoms with van der Waals surface area (Å²) in [4.78, 5) is 0. The molecule has 0 aromatic heterocycles. The zero-order chi connectivity index (χ0) is 14.8. The molecule has 0 saturated carbocycles. The molecule has 0 bridgehead atoms. The fraction of sp³-hybridized carbons (Fsp3) is 0.462. The molecule has 0 amide bonds. The van der Waals surface area contributed by atoms with Gasteiger partial charge in [0.15, 0.2) is 0 Å². The van der Waals surface area contributed by atoms with Gasteiger partial charge in [0.1, 0.15) is 5.84 Å². The molecular formula is C13H19N3O3S. The van der Waals surface area contributed by atoms with Gasteiger partial charge in [0.05, 0.1) is 17.5 Å². The van der Waals surface area contributed by atoms with Crippen molar-refractivity contribution in [3.8, 4) is 0 Å². The zero-order valence-electron chi connectivity index (χ0n) is 11.4. The SMILES string of the molecule is CN(c1cccc(C(=N)N)c1)S(=O)(=O)CC1CCCO1. The number of sulfonamides is 1. The molecule has 110 valence electrons. The Morgan fingerprint density at radius 2 is 2.30 bits per heavy atom. The lowest BCUT2D eigenvalue weighted by atomic mass is 10.2.